The molecule has 1 aromatic carbocycles. The highest BCUT2D eigenvalue weighted by Gasteiger charge is 2.29. The molecule has 0 N–H and O–H groups in total. The summed E-state index contributed by atoms with van der Waals surface area (Å²) in [6.45, 7) is 7.28. The van der Waals surface area contributed by atoms with Gasteiger partial charge in [-0.25, -0.2) is 0 Å². The van der Waals surface area contributed by atoms with E-state index in [9.17, 15) is 4.79 Å². The maximum atomic E-state index is 12.6. The van der Waals surface area contributed by atoms with Crippen molar-refractivity contribution in [2.24, 2.45) is 5.92 Å². The van der Waals surface area contributed by atoms with E-state index in [2.05, 4.69) is 53.1 Å². The van der Waals surface area contributed by atoms with Crippen LogP contribution in [0, 0.1) is 5.92 Å². The summed E-state index contributed by atoms with van der Waals surface area (Å²) in [4.78, 5) is 17.2. The first-order chi connectivity index (χ1) is 11.7. The Bertz CT molecular complexity index is 552. The van der Waals surface area contributed by atoms with Gasteiger partial charge in [-0.1, -0.05) is 42.0 Å². The van der Waals surface area contributed by atoms with Crippen LogP contribution in [0.1, 0.15) is 44.6 Å². The van der Waals surface area contributed by atoms with Gasteiger partial charge in [0.25, 0.3) is 0 Å². The van der Waals surface area contributed by atoms with Crippen LogP contribution < -0.4 is 0 Å². The highest BCUT2D eigenvalue weighted by molar-refractivity contribution is 5.79. The molecule has 2 fully saturated rings. The second kappa shape index (κ2) is 8.48. The lowest BCUT2D eigenvalue weighted by molar-refractivity contribution is -0.137. The molecule has 0 spiro atoms. The fourth-order valence-electron chi connectivity index (χ4n) is 3.94. The smallest absolute Gasteiger partial charge is 0.225 e. The summed E-state index contributed by atoms with van der Waals surface area (Å²) in [5, 5.41) is 0. The third-order valence-electron chi connectivity index (χ3n) is 5.29. The van der Waals surface area contributed by atoms with Crippen molar-refractivity contribution in [2.75, 3.05) is 32.7 Å². The number of hydrogen-bond acceptors (Lipinski definition) is 2. The molecule has 2 aliphatic rings. The van der Waals surface area contributed by atoms with Gasteiger partial charge in [0.05, 0.1) is 0 Å². The third-order valence-corrected chi connectivity index (χ3v) is 5.29. The van der Waals surface area contributed by atoms with Gasteiger partial charge in [-0.05, 0) is 57.7 Å². The van der Waals surface area contributed by atoms with E-state index in [1.807, 2.05) is 0 Å². The van der Waals surface area contributed by atoms with E-state index in [0.717, 1.165) is 45.6 Å². The van der Waals surface area contributed by atoms with Crippen LogP contribution in [0.15, 0.2) is 35.9 Å². The molecule has 0 radical (unpaired) electrons. The lowest BCUT2D eigenvalue weighted by Crippen LogP contribution is -2.44. The summed E-state index contributed by atoms with van der Waals surface area (Å²) in [5.74, 6) is 0.684. The molecule has 0 aromatic heterocycles. The fourth-order valence-corrected chi connectivity index (χ4v) is 3.94. The summed E-state index contributed by atoms with van der Waals surface area (Å²) in [5.41, 5.74) is 2.66. The summed E-state index contributed by atoms with van der Waals surface area (Å²) in [7, 11) is 0. The van der Waals surface area contributed by atoms with Gasteiger partial charge in [-0.2, -0.15) is 0 Å². The number of likely N-dealkylation sites (tertiary alicyclic amines) is 2. The first-order valence-electron chi connectivity index (χ1n) is 9.46. The van der Waals surface area contributed by atoms with Gasteiger partial charge in [0.15, 0.2) is 0 Å². The van der Waals surface area contributed by atoms with Crippen LogP contribution in [0.25, 0.3) is 6.08 Å². The van der Waals surface area contributed by atoms with Crippen LogP contribution in [0.4, 0.5) is 0 Å². The topological polar surface area (TPSA) is 23.6 Å². The lowest BCUT2D eigenvalue weighted by atomic mass is 9.94. The van der Waals surface area contributed by atoms with Crippen molar-refractivity contribution in [3.63, 3.8) is 0 Å². The summed E-state index contributed by atoms with van der Waals surface area (Å²) < 4.78 is 0. The number of hydrogen-bond donors (Lipinski definition) is 0. The van der Waals surface area contributed by atoms with Crippen LogP contribution in [-0.4, -0.2) is 48.4 Å². The van der Waals surface area contributed by atoms with Crippen molar-refractivity contribution in [1.29, 1.82) is 0 Å². The van der Waals surface area contributed by atoms with Gasteiger partial charge in [0.1, 0.15) is 0 Å². The molecule has 0 saturated carbocycles. The minimum Gasteiger partial charge on any atom is -0.342 e. The predicted octanol–water partition coefficient (Wildman–Crippen LogP) is 3.81. The number of piperidine rings is 2. The van der Waals surface area contributed by atoms with E-state index < -0.39 is 0 Å². The van der Waals surface area contributed by atoms with E-state index in [0.29, 0.717) is 5.91 Å². The van der Waals surface area contributed by atoms with Crippen molar-refractivity contribution >= 4 is 12.0 Å². The molecule has 24 heavy (non-hydrogen) atoms. The van der Waals surface area contributed by atoms with Gasteiger partial charge in [-0.3, -0.25) is 9.69 Å². The first-order valence-corrected chi connectivity index (χ1v) is 9.46. The van der Waals surface area contributed by atoms with Crippen molar-refractivity contribution in [2.45, 2.75) is 39.0 Å². The van der Waals surface area contributed by atoms with Crippen molar-refractivity contribution < 1.29 is 4.79 Å². The predicted molar refractivity (Wildman–Crippen MR) is 99.7 cm³/mol. The maximum absolute atomic E-state index is 12.6. The van der Waals surface area contributed by atoms with E-state index >= 15 is 0 Å². The Kier molecular flexibility index (Phi) is 6.08. The molecule has 0 aliphatic carbocycles. The van der Waals surface area contributed by atoms with Crippen molar-refractivity contribution in [3.8, 4) is 0 Å². The molecule has 0 bridgehead atoms. The quantitative estimate of drug-likeness (QED) is 0.840. The average molecular weight is 326 g/mol. The Hall–Kier alpha value is -1.61. The number of carbonyl (C=O) groups is 1. The third kappa shape index (κ3) is 4.70. The molecule has 3 nitrogen and oxygen atoms in total. The normalized spacial score (nSPS) is 21.0. The molecule has 1 amide bonds. The molecular weight excluding hydrogens is 296 g/mol. The standard InChI is InChI=1S/C21H30N2O/c1-18(16-19-8-4-2-5-9-19)17-22-14-10-20(11-15-22)21(24)23-12-6-3-7-13-23/h2,4-5,8-9,16,20H,3,6-7,10-15,17H2,1H3/b18-16+. The molecule has 2 heterocycles. The van der Waals surface area contributed by atoms with Gasteiger partial charge >= 0.3 is 0 Å². The number of nitrogens with zero attached hydrogens (tertiary/aromatic N) is 2. The SMILES string of the molecule is C/C(=C\c1ccccc1)CN1CCC(C(=O)N2CCCCC2)CC1. The zero-order valence-electron chi connectivity index (χ0n) is 14.9. The number of amides is 1. The Balaban J connectivity index is 1.46. The van der Waals surface area contributed by atoms with Crippen LogP contribution >= 0.6 is 0 Å². The van der Waals surface area contributed by atoms with Gasteiger partial charge < -0.3 is 4.90 Å². The first kappa shape index (κ1) is 17.2. The van der Waals surface area contributed by atoms with Gasteiger partial charge in [0.2, 0.25) is 5.91 Å². The number of rotatable bonds is 4. The molecule has 3 heteroatoms. The molecule has 3 rings (SSSR count). The Morgan fingerprint density at radius 3 is 2.38 bits per heavy atom. The summed E-state index contributed by atoms with van der Waals surface area (Å²) in [6, 6.07) is 10.5. The Morgan fingerprint density at radius 1 is 1.04 bits per heavy atom. The minimum absolute atomic E-state index is 0.262. The molecule has 2 saturated heterocycles. The average Bonchev–Trinajstić information content (AvgIpc) is 2.63. The van der Waals surface area contributed by atoms with Crippen LogP contribution in [-0.2, 0) is 4.79 Å². The largest absolute Gasteiger partial charge is 0.342 e. The second-order valence-electron chi connectivity index (χ2n) is 7.34. The van der Waals surface area contributed by atoms with Crippen LogP contribution in [0.3, 0.4) is 0 Å². The highest BCUT2D eigenvalue weighted by atomic mass is 16.2. The zero-order valence-corrected chi connectivity index (χ0v) is 14.9. The summed E-state index contributed by atoms with van der Waals surface area (Å²) >= 11 is 0. The van der Waals surface area contributed by atoms with Gasteiger partial charge in [0, 0.05) is 25.6 Å². The zero-order chi connectivity index (χ0) is 16.8. The fraction of sp³-hybridized carbons (Fsp3) is 0.571. The van der Waals surface area contributed by atoms with Crippen molar-refractivity contribution in [1.82, 2.24) is 9.80 Å². The number of benzene rings is 1. The molecule has 2 aliphatic heterocycles. The lowest BCUT2D eigenvalue weighted by Gasteiger charge is -2.35. The highest BCUT2D eigenvalue weighted by Crippen LogP contribution is 2.22. The summed E-state index contributed by atoms with van der Waals surface area (Å²) in [6.07, 6.45) is 7.98. The Labute approximate surface area is 146 Å². The monoisotopic (exact) mass is 326 g/mol. The molecule has 0 unspecified atom stereocenters. The van der Waals surface area contributed by atoms with E-state index in [-0.39, 0.29) is 5.92 Å². The second-order valence-corrected chi connectivity index (χ2v) is 7.34. The molecular formula is C21H30N2O. The molecule has 130 valence electrons. The Morgan fingerprint density at radius 2 is 1.71 bits per heavy atom. The van der Waals surface area contributed by atoms with E-state index in [4.69, 9.17) is 0 Å². The van der Waals surface area contributed by atoms with E-state index in [1.165, 1.54) is 30.4 Å². The molecule has 1 aromatic rings. The van der Waals surface area contributed by atoms with Gasteiger partial charge in [-0.15, -0.1) is 0 Å². The maximum Gasteiger partial charge on any atom is 0.225 e. The number of carbonyl (C=O) groups excluding carboxylic acids is 1. The molecule has 0 atom stereocenters. The van der Waals surface area contributed by atoms with E-state index in [1.54, 1.807) is 0 Å². The van der Waals surface area contributed by atoms with Crippen molar-refractivity contribution in [3.05, 3.63) is 41.5 Å². The minimum atomic E-state index is 0.262. The van der Waals surface area contributed by atoms with Crippen LogP contribution in [0.2, 0.25) is 0 Å². The van der Waals surface area contributed by atoms with Crippen LogP contribution in [0.5, 0.6) is 0 Å².